The molecule has 0 aliphatic carbocycles. The van der Waals surface area contributed by atoms with Crippen LogP contribution in [-0.2, 0) is 9.53 Å². The summed E-state index contributed by atoms with van der Waals surface area (Å²) in [5, 5.41) is 0. The Balaban J connectivity index is 1.97. The second-order valence-corrected chi connectivity index (χ2v) is 4.94. The molecule has 1 amide bonds. The van der Waals surface area contributed by atoms with E-state index in [4.69, 9.17) is 4.74 Å². The van der Waals surface area contributed by atoms with E-state index >= 15 is 0 Å². The van der Waals surface area contributed by atoms with Gasteiger partial charge in [0.1, 0.15) is 0 Å². The monoisotopic (exact) mass is 197 g/mol. The molecule has 2 bridgehead atoms. The van der Waals surface area contributed by atoms with Crippen molar-refractivity contribution in [2.75, 3.05) is 13.2 Å². The Kier molecular flexibility index (Phi) is 2.52. The van der Waals surface area contributed by atoms with Gasteiger partial charge < -0.3 is 9.64 Å². The van der Waals surface area contributed by atoms with Crippen LogP contribution in [0.3, 0.4) is 0 Å². The van der Waals surface area contributed by atoms with Crippen LogP contribution in [-0.4, -0.2) is 36.1 Å². The largest absolute Gasteiger partial charge is 0.374 e. The molecule has 0 aromatic rings. The number of amides is 1. The van der Waals surface area contributed by atoms with Gasteiger partial charge >= 0.3 is 0 Å². The molecule has 0 aromatic heterocycles. The Morgan fingerprint density at radius 2 is 2.29 bits per heavy atom. The van der Waals surface area contributed by atoms with Crippen molar-refractivity contribution in [1.82, 2.24) is 4.90 Å². The molecule has 3 heteroatoms. The second kappa shape index (κ2) is 3.54. The molecule has 0 N–H and O–H groups in total. The Morgan fingerprint density at radius 3 is 2.71 bits per heavy atom. The van der Waals surface area contributed by atoms with Gasteiger partial charge in [-0.15, -0.1) is 0 Å². The summed E-state index contributed by atoms with van der Waals surface area (Å²) in [6.07, 6.45) is 0.978. The summed E-state index contributed by atoms with van der Waals surface area (Å²) < 4.78 is 5.56. The Morgan fingerprint density at radius 1 is 1.57 bits per heavy atom. The van der Waals surface area contributed by atoms with Gasteiger partial charge in [-0.05, 0) is 5.92 Å². The summed E-state index contributed by atoms with van der Waals surface area (Å²) in [5.41, 5.74) is 0. The fraction of sp³-hybridized carbons (Fsp3) is 0.909. The van der Waals surface area contributed by atoms with Crippen molar-refractivity contribution in [3.63, 3.8) is 0 Å². The average Bonchev–Trinajstić information content (AvgIpc) is 2.60. The number of rotatable bonds is 2. The van der Waals surface area contributed by atoms with Gasteiger partial charge in [0.05, 0.1) is 18.8 Å². The number of ether oxygens (including phenoxy) is 1. The van der Waals surface area contributed by atoms with Crippen molar-refractivity contribution >= 4 is 5.91 Å². The van der Waals surface area contributed by atoms with Crippen molar-refractivity contribution in [3.05, 3.63) is 0 Å². The van der Waals surface area contributed by atoms with Crippen LogP contribution in [0.25, 0.3) is 0 Å². The summed E-state index contributed by atoms with van der Waals surface area (Å²) in [5.74, 6) is 1.30. The highest BCUT2D eigenvalue weighted by Gasteiger charge is 2.47. The van der Waals surface area contributed by atoms with Gasteiger partial charge in [-0.25, -0.2) is 0 Å². The molecule has 2 rings (SSSR count). The van der Waals surface area contributed by atoms with Crippen LogP contribution in [0.5, 0.6) is 0 Å². The SMILES string of the molecule is CC(C)CC(=O)N1CC2OCC1[C@H]2C. The van der Waals surface area contributed by atoms with E-state index in [1.54, 1.807) is 0 Å². The quantitative estimate of drug-likeness (QED) is 0.667. The summed E-state index contributed by atoms with van der Waals surface area (Å²) >= 11 is 0. The third-order valence-electron chi connectivity index (χ3n) is 3.35. The normalized spacial score (nSPS) is 35.7. The van der Waals surface area contributed by atoms with Crippen LogP contribution in [0.1, 0.15) is 27.2 Å². The first-order chi connectivity index (χ1) is 6.59. The summed E-state index contributed by atoms with van der Waals surface area (Å²) in [7, 11) is 0. The summed E-state index contributed by atoms with van der Waals surface area (Å²) in [6, 6.07) is 0.353. The molecule has 3 atom stereocenters. The van der Waals surface area contributed by atoms with Gasteiger partial charge in [-0.2, -0.15) is 0 Å². The maximum atomic E-state index is 11.9. The Bertz CT molecular complexity index is 239. The lowest BCUT2D eigenvalue weighted by molar-refractivity contribution is -0.136. The van der Waals surface area contributed by atoms with Gasteiger partial charge in [0.15, 0.2) is 0 Å². The molecule has 0 saturated carbocycles. The topological polar surface area (TPSA) is 29.5 Å². The van der Waals surface area contributed by atoms with Crippen LogP contribution < -0.4 is 0 Å². The van der Waals surface area contributed by atoms with Gasteiger partial charge in [-0.1, -0.05) is 20.8 Å². The van der Waals surface area contributed by atoms with Crippen LogP contribution in [0, 0.1) is 11.8 Å². The maximum absolute atomic E-state index is 11.9. The highest BCUT2D eigenvalue weighted by Crippen LogP contribution is 2.34. The number of nitrogens with zero attached hydrogens (tertiary/aromatic N) is 1. The highest BCUT2D eigenvalue weighted by atomic mass is 16.5. The smallest absolute Gasteiger partial charge is 0.223 e. The van der Waals surface area contributed by atoms with E-state index in [1.807, 2.05) is 4.90 Å². The molecular weight excluding hydrogens is 178 g/mol. The number of hydrogen-bond acceptors (Lipinski definition) is 2. The highest BCUT2D eigenvalue weighted by molar-refractivity contribution is 5.77. The molecule has 3 nitrogen and oxygen atoms in total. The van der Waals surface area contributed by atoms with Crippen LogP contribution in [0.2, 0.25) is 0 Å². The minimum atomic E-state index is 0.302. The van der Waals surface area contributed by atoms with Crippen molar-refractivity contribution in [2.45, 2.75) is 39.3 Å². The number of morpholine rings is 1. The average molecular weight is 197 g/mol. The molecule has 2 aliphatic heterocycles. The summed E-state index contributed by atoms with van der Waals surface area (Å²) in [4.78, 5) is 13.9. The Hall–Kier alpha value is -0.570. The van der Waals surface area contributed by atoms with Crippen LogP contribution in [0.4, 0.5) is 0 Å². The zero-order valence-corrected chi connectivity index (χ0v) is 9.19. The molecule has 2 saturated heterocycles. The Labute approximate surface area is 85.4 Å². The molecule has 0 aromatic carbocycles. The van der Waals surface area contributed by atoms with Crippen molar-refractivity contribution in [1.29, 1.82) is 0 Å². The van der Waals surface area contributed by atoms with Crippen molar-refractivity contribution in [2.24, 2.45) is 11.8 Å². The molecule has 2 heterocycles. The number of carbonyl (C=O) groups is 1. The predicted octanol–water partition coefficient (Wildman–Crippen LogP) is 1.28. The lowest BCUT2D eigenvalue weighted by Crippen LogP contribution is -2.42. The maximum Gasteiger partial charge on any atom is 0.223 e. The number of carbonyl (C=O) groups excluding carboxylic acids is 1. The molecule has 2 fully saturated rings. The standard InChI is InChI=1S/C11H19NO2/c1-7(2)4-11(13)12-5-10-8(3)9(12)6-14-10/h7-10H,4-6H2,1-3H3/t8-,9?,10?/m1/s1. The fourth-order valence-electron chi connectivity index (χ4n) is 2.45. The van der Waals surface area contributed by atoms with Gasteiger partial charge in [0.2, 0.25) is 5.91 Å². The first kappa shape index (κ1) is 9.97. The van der Waals surface area contributed by atoms with E-state index < -0.39 is 0 Å². The fourth-order valence-corrected chi connectivity index (χ4v) is 2.45. The predicted molar refractivity (Wildman–Crippen MR) is 53.9 cm³/mol. The number of fused-ring (bicyclic) bond motifs is 2. The molecule has 0 radical (unpaired) electrons. The molecule has 2 unspecified atom stereocenters. The zero-order valence-electron chi connectivity index (χ0n) is 9.19. The van der Waals surface area contributed by atoms with Crippen molar-refractivity contribution in [3.8, 4) is 0 Å². The molecule has 0 spiro atoms. The molecular formula is C11H19NO2. The zero-order chi connectivity index (χ0) is 10.3. The number of likely N-dealkylation sites (tertiary alicyclic amines) is 1. The third kappa shape index (κ3) is 1.54. The van der Waals surface area contributed by atoms with Gasteiger partial charge in [0.25, 0.3) is 0 Å². The van der Waals surface area contributed by atoms with E-state index in [2.05, 4.69) is 20.8 Å². The molecule has 2 aliphatic rings. The van der Waals surface area contributed by atoms with E-state index in [0.29, 0.717) is 36.3 Å². The molecule has 80 valence electrons. The molecule has 14 heavy (non-hydrogen) atoms. The first-order valence-corrected chi connectivity index (χ1v) is 5.50. The van der Waals surface area contributed by atoms with E-state index in [0.717, 1.165) is 13.2 Å². The second-order valence-electron chi connectivity index (χ2n) is 4.94. The van der Waals surface area contributed by atoms with Crippen LogP contribution >= 0.6 is 0 Å². The number of hydrogen-bond donors (Lipinski definition) is 0. The van der Waals surface area contributed by atoms with E-state index in [1.165, 1.54) is 0 Å². The lowest BCUT2D eigenvalue weighted by atomic mass is 10.0. The summed E-state index contributed by atoms with van der Waals surface area (Å²) in [6.45, 7) is 7.93. The van der Waals surface area contributed by atoms with Gasteiger partial charge in [-0.3, -0.25) is 4.79 Å². The van der Waals surface area contributed by atoms with Crippen molar-refractivity contribution < 1.29 is 9.53 Å². The lowest BCUT2D eigenvalue weighted by Gasteiger charge is -2.27. The first-order valence-electron chi connectivity index (χ1n) is 5.50. The van der Waals surface area contributed by atoms with E-state index in [9.17, 15) is 4.79 Å². The van der Waals surface area contributed by atoms with E-state index in [-0.39, 0.29) is 0 Å². The third-order valence-corrected chi connectivity index (χ3v) is 3.35. The minimum absolute atomic E-state index is 0.302. The van der Waals surface area contributed by atoms with Gasteiger partial charge in [0, 0.05) is 18.9 Å². The minimum Gasteiger partial charge on any atom is -0.374 e. The van der Waals surface area contributed by atoms with Crippen LogP contribution in [0.15, 0.2) is 0 Å².